The van der Waals surface area contributed by atoms with E-state index in [9.17, 15) is 10.1 Å². The highest BCUT2D eigenvalue weighted by molar-refractivity contribution is 7.99. The standard InChI is InChI=1S/C15H23N3O2S/c1-3-6-16-14-5-4-13(9-15(14)18(19)20)11-17-7-8-21-12(2)10-17/h4-5,9,12,16H,3,6-8,10-11H2,1-2H3. The molecule has 21 heavy (non-hydrogen) atoms. The topological polar surface area (TPSA) is 58.4 Å². The molecule has 1 N–H and O–H groups in total. The Bertz CT molecular complexity index is 496. The molecule has 0 amide bonds. The molecule has 1 unspecified atom stereocenters. The van der Waals surface area contributed by atoms with Crippen molar-refractivity contribution in [1.29, 1.82) is 0 Å². The zero-order valence-electron chi connectivity index (χ0n) is 12.7. The smallest absolute Gasteiger partial charge is 0.292 e. The molecule has 5 nitrogen and oxygen atoms in total. The number of nitrogens with zero attached hydrogens (tertiary/aromatic N) is 2. The number of hydrogen-bond acceptors (Lipinski definition) is 5. The first-order valence-electron chi connectivity index (χ1n) is 7.45. The first-order valence-corrected chi connectivity index (χ1v) is 8.50. The third-order valence-corrected chi connectivity index (χ3v) is 4.69. The number of nitrogens with one attached hydrogen (secondary N) is 1. The van der Waals surface area contributed by atoms with Gasteiger partial charge in [-0.05, 0) is 18.1 Å². The number of nitro groups is 1. The van der Waals surface area contributed by atoms with Gasteiger partial charge in [-0.1, -0.05) is 19.9 Å². The van der Waals surface area contributed by atoms with Gasteiger partial charge in [-0.3, -0.25) is 15.0 Å². The first-order chi connectivity index (χ1) is 10.1. The molecule has 0 bridgehead atoms. The minimum atomic E-state index is -0.295. The zero-order valence-corrected chi connectivity index (χ0v) is 13.5. The van der Waals surface area contributed by atoms with Crippen molar-refractivity contribution in [2.24, 2.45) is 0 Å². The van der Waals surface area contributed by atoms with Crippen LogP contribution in [0.15, 0.2) is 18.2 Å². The minimum absolute atomic E-state index is 0.181. The van der Waals surface area contributed by atoms with E-state index >= 15 is 0 Å². The summed E-state index contributed by atoms with van der Waals surface area (Å²) in [5, 5.41) is 15.0. The molecule has 1 aromatic rings. The summed E-state index contributed by atoms with van der Waals surface area (Å²) in [6, 6.07) is 5.55. The molecule has 6 heteroatoms. The summed E-state index contributed by atoms with van der Waals surface area (Å²) in [6.07, 6.45) is 0.947. The molecule has 0 aliphatic carbocycles. The first kappa shape index (κ1) is 16.1. The summed E-state index contributed by atoms with van der Waals surface area (Å²) in [5.74, 6) is 1.14. The van der Waals surface area contributed by atoms with Crippen molar-refractivity contribution >= 4 is 23.1 Å². The van der Waals surface area contributed by atoms with Crippen LogP contribution in [0.2, 0.25) is 0 Å². The molecule has 0 saturated carbocycles. The van der Waals surface area contributed by atoms with Gasteiger partial charge in [0, 0.05) is 43.2 Å². The van der Waals surface area contributed by atoms with Crippen LogP contribution in [0.1, 0.15) is 25.8 Å². The molecular formula is C15H23N3O2S. The molecule has 116 valence electrons. The van der Waals surface area contributed by atoms with E-state index in [4.69, 9.17) is 0 Å². The summed E-state index contributed by atoms with van der Waals surface area (Å²) in [4.78, 5) is 13.3. The molecule has 1 aliphatic rings. The maximum atomic E-state index is 11.2. The predicted molar refractivity (Wildman–Crippen MR) is 89.1 cm³/mol. The van der Waals surface area contributed by atoms with Gasteiger partial charge in [0.2, 0.25) is 0 Å². The van der Waals surface area contributed by atoms with Crippen molar-refractivity contribution in [3.05, 3.63) is 33.9 Å². The van der Waals surface area contributed by atoms with E-state index in [2.05, 4.69) is 17.1 Å². The highest BCUT2D eigenvalue weighted by atomic mass is 32.2. The Balaban J connectivity index is 2.09. The molecule has 0 spiro atoms. The summed E-state index contributed by atoms with van der Waals surface area (Å²) < 4.78 is 0. The summed E-state index contributed by atoms with van der Waals surface area (Å²) in [5.41, 5.74) is 1.82. The molecule has 1 atom stereocenters. The van der Waals surface area contributed by atoms with Crippen LogP contribution in [-0.2, 0) is 6.54 Å². The fourth-order valence-electron chi connectivity index (χ4n) is 2.53. The summed E-state index contributed by atoms with van der Waals surface area (Å²) in [7, 11) is 0. The SMILES string of the molecule is CCCNc1ccc(CN2CCSC(C)C2)cc1[N+](=O)[O-]. The van der Waals surface area contributed by atoms with Gasteiger partial charge >= 0.3 is 0 Å². The van der Waals surface area contributed by atoms with E-state index in [1.807, 2.05) is 30.8 Å². The second-order valence-corrected chi connectivity index (χ2v) is 7.00. The Morgan fingerprint density at radius 3 is 3.00 bits per heavy atom. The molecule has 0 aromatic heterocycles. The average Bonchev–Trinajstić information content (AvgIpc) is 2.45. The number of benzene rings is 1. The van der Waals surface area contributed by atoms with Crippen molar-refractivity contribution in [2.45, 2.75) is 32.1 Å². The summed E-state index contributed by atoms with van der Waals surface area (Å²) >= 11 is 1.99. The Labute approximate surface area is 130 Å². The van der Waals surface area contributed by atoms with E-state index in [1.54, 1.807) is 6.07 Å². The van der Waals surface area contributed by atoms with Crippen molar-refractivity contribution in [3.63, 3.8) is 0 Å². The summed E-state index contributed by atoms with van der Waals surface area (Å²) in [6.45, 7) is 7.92. The molecule has 1 saturated heterocycles. The van der Waals surface area contributed by atoms with Crippen molar-refractivity contribution in [1.82, 2.24) is 4.90 Å². The quantitative estimate of drug-likeness (QED) is 0.645. The maximum absolute atomic E-state index is 11.2. The number of thioether (sulfide) groups is 1. The fraction of sp³-hybridized carbons (Fsp3) is 0.600. The largest absolute Gasteiger partial charge is 0.380 e. The Morgan fingerprint density at radius 2 is 2.33 bits per heavy atom. The Kier molecular flexibility index (Phi) is 5.87. The van der Waals surface area contributed by atoms with Crippen LogP contribution >= 0.6 is 11.8 Å². The number of rotatable bonds is 6. The van der Waals surface area contributed by atoms with Crippen molar-refractivity contribution in [3.8, 4) is 0 Å². The van der Waals surface area contributed by atoms with Gasteiger partial charge in [0.1, 0.15) is 5.69 Å². The van der Waals surface area contributed by atoms with Crippen LogP contribution < -0.4 is 5.32 Å². The Morgan fingerprint density at radius 1 is 1.52 bits per heavy atom. The molecule has 2 rings (SSSR count). The average molecular weight is 309 g/mol. The number of anilines is 1. The van der Waals surface area contributed by atoms with Gasteiger partial charge in [0.05, 0.1) is 4.92 Å². The van der Waals surface area contributed by atoms with Gasteiger partial charge < -0.3 is 5.32 Å². The lowest BCUT2D eigenvalue weighted by molar-refractivity contribution is -0.384. The van der Waals surface area contributed by atoms with Gasteiger partial charge in [0.25, 0.3) is 5.69 Å². The van der Waals surface area contributed by atoms with Crippen LogP contribution in [0, 0.1) is 10.1 Å². The predicted octanol–water partition coefficient (Wildman–Crippen LogP) is 3.35. The number of hydrogen-bond donors (Lipinski definition) is 1. The highest BCUT2D eigenvalue weighted by Gasteiger charge is 2.19. The second-order valence-electron chi connectivity index (χ2n) is 5.45. The highest BCUT2D eigenvalue weighted by Crippen LogP contribution is 2.27. The van der Waals surface area contributed by atoms with E-state index in [0.717, 1.165) is 43.9 Å². The van der Waals surface area contributed by atoms with Gasteiger partial charge in [-0.2, -0.15) is 11.8 Å². The number of nitro benzene ring substituents is 1. The van der Waals surface area contributed by atoms with Gasteiger partial charge in [0.15, 0.2) is 0 Å². The van der Waals surface area contributed by atoms with E-state index in [0.29, 0.717) is 10.9 Å². The third-order valence-electron chi connectivity index (χ3n) is 3.56. The maximum Gasteiger partial charge on any atom is 0.292 e. The molecular weight excluding hydrogens is 286 g/mol. The van der Waals surface area contributed by atoms with Crippen LogP contribution in [0.4, 0.5) is 11.4 Å². The lowest BCUT2D eigenvalue weighted by Crippen LogP contribution is -2.36. The monoisotopic (exact) mass is 309 g/mol. The van der Waals surface area contributed by atoms with E-state index in [1.165, 1.54) is 0 Å². The van der Waals surface area contributed by atoms with Crippen LogP contribution in [0.3, 0.4) is 0 Å². The Hall–Kier alpha value is -1.27. The molecule has 1 aromatic carbocycles. The molecule has 1 heterocycles. The van der Waals surface area contributed by atoms with E-state index < -0.39 is 0 Å². The van der Waals surface area contributed by atoms with Crippen molar-refractivity contribution < 1.29 is 4.92 Å². The normalized spacial score (nSPS) is 19.4. The lowest BCUT2D eigenvalue weighted by Gasteiger charge is -2.30. The van der Waals surface area contributed by atoms with Crippen LogP contribution in [0.25, 0.3) is 0 Å². The fourth-order valence-corrected chi connectivity index (χ4v) is 3.61. The zero-order chi connectivity index (χ0) is 15.2. The van der Waals surface area contributed by atoms with Crippen LogP contribution in [-0.4, -0.2) is 40.5 Å². The minimum Gasteiger partial charge on any atom is -0.380 e. The molecule has 1 aliphatic heterocycles. The lowest BCUT2D eigenvalue weighted by atomic mass is 10.1. The van der Waals surface area contributed by atoms with Gasteiger partial charge in [-0.25, -0.2) is 0 Å². The third kappa shape index (κ3) is 4.61. The van der Waals surface area contributed by atoms with Crippen molar-refractivity contribution in [2.75, 3.05) is 30.7 Å². The molecule has 0 radical (unpaired) electrons. The van der Waals surface area contributed by atoms with Gasteiger partial charge in [-0.15, -0.1) is 0 Å². The second kappa shape index (κ2) is 7.66. The van der Waals surface area contributed by atoms with E-state index in [-0.39, 0.29) is 10.6 Å². The molecule has 1 fully saturated rings. The van der Waals surface area contributed by atoms with Crippen LogP contribution in [0.5, 0.6) is 0 Å².